The van der Waals surface area contributed by atoms with Gasteiger partial charge < -0.3 is 28.9 Å². The van der Waals surface area contributed by atoms with Gasteiger partial charge in [-0.15, -0.1) is 10.2 Å². The maximum absolute atomic E-state index is 13.2. The minimum atomic E-state index is -0.565. The Bertz CT molecular complexity index is 1400. The molecule has 0 spiro atoms. The van der Waals surface area contributed by atoms with Gasteiger partial charge in [-0.3, -0.25) is 9.78 Å². The van der Waals surface area contributed by atoms with Crippen LogP contribution in [-0.4, -0.2) is 58.0 Å². The van der Waals surface area contributed by atoms with Gasteiger partial charge >= 0.3 is 0 Å². The van der Waals surface area contributed by atoms with E-state index in [2.05, 4.69) is 20.2 Å². The van der Waals surface area contributed by atoms with Gasteiger partial charge in [0.15, 0.2) is 0 Å². The number of H-pyrrole nitrogens is 1. The lowest BCUT2D eigenvalue weighted by Gasteiger charge is -2.21. The molecule has 10 nitrogen and oxygen atoms in total. The number of rotatable bonds is 9. The summed E-state index contributed by atoms with van der Waals surface area (Å²) in [7, 11) is 4.95. The van der Waals surface area contributed by atoms with Gasteiger partial charge in [-0.05, 0) is 37.9 Å². The number of ether oxygens (including phenoxy) is 2. The van der Waals surface area contributed by atoms with Crippen molar-refractivity contribution in [1.82, 2.24) is 25.1 Å². The van der Waals surface area contributed by atoms with E-state index in [1.165, 1.54) is 20.4 Å². The summed E-state index contributed by atoms with van der Waals surface area (Å²) < 4.78 is 16.9. The van der Waals surface area contributed by atoms with Crippen molar-refractivity contribution in [2.24, 2.45) is 0 Å². The second-order valence-electron chi connectivity index (χ2n) is 8.04. The van der Waals surface area contributed by atoms with Crippen molar-refractivity contribution in [3.05, 3.63) is 69.2 Å². The van der Waals surface area contributed by atoms with Crippen LogP contribution in [0.15, 0.2) is 45.7 Å². The van der Waals surface area contributed by atoms with Gasteiger partial charge in [-0.25, -0.2) is 0 Å². The number of pyridine rings is 2. The number of aromatic hydroxyl groups is 1. The van der Waals surface area contributed by atoms with Crippen LogP contribution >= 0.6 is 11.6 Å². The van der Waals surface area contributed by atoms with E-state index in [0.717, 1.165) is 6.54 Å². The summed E-state index contributed by atoms with van der Waals surface area (Å²) in [6.07, 6.45) is 1.75. The highest BCUT2D eigenvalue weighted by atomic mass is 35.5. The first-order chi connectivity index (χ1) is 17.4. The Morgan fingerprint density at radius 1 is 1.08 bits per heavy atom. The highest BCUT2D eigenvalue weighted by molar-refractivity contribution is 6.30. The van der Waals surface area contributed by atoms with E-state index in [4.69, 9.17) is 25.5 Å². The van der Waals surface area contributed by atoms with Crippen LogP contribution in [0.25, 0.3) is 22.6 Å². The van der Waals surface area contributed by atoms with Crippen LogP contribution in [0, 0.1) is 0 Å². The minimum absolute atomic E-state index is 0.122. The minimum Gasteiger partial charge on any atom is -0.506 e. The molecule has 4 rings (SSSR count). The van der Waals surface area contributed by atoms with Crippen molar-refractivity contribution in [2.45, 2.75) is 19.9 Å². The zero-order chi connectivity index (χ0) is 25.8. The average Bonchev–Trinajstić information content (AvgIpc) is 3.32. The number of benzene rings is 1. The smallest absolute Gasteiger partial charge is 0.264 e. The van der Waals surface area contributed by atoms with Crippen molar-refractivity contribution in [1.29, 1.82) is 0 Å². The third-order valence-electron chi connectivity index (χ3n) is 5.71. The maximum Gasteiger partial charge on any atom is 0.264 e. The van der Waals surface area contributed by atoms with Crippen LogP contribution in [0.2, 0.25) is 5.02 Å². The van der Waals surface area contributed by atoms with Crippen LogP contribution in [0.1, 0.15) is 24.2 Å². The predicted octanol–water partition coefficient (Wildman–Crippen LogP) is 3.91. The molecule has 1 aromatic carbocycles. The fourth-order valence-electron chi connectivity index (χ4n) is 3.80. The quantitative estimate of drug-likeness (QED) is 0.344. The molecule has 0 amide bonds. The number of nitrogens with one attached hydrogen (secondary N) is 1. The highest BCUT2D eigenvalue weighted by Crippen LogP contribution is 2.46. The van der Waals surface area contributed by atoms with Crippen molar-refractivity contribution >= 4 is 11.6 Å². The fourth-order valence-corrected chi connectivity index (χ4v) is 3.91. The standard InChI is InChI=1S/C25H26ClN5O5/c1-5-31(2)13-16-20(21-17(34-3)7-6-8-18(21)35-4)23(32)22(24(33)28-16)25-30-29-19(36-25)11-15-10-9-14(26)12-27-15/h6-10,12H,5,11,13H2,1-4H3,(H2,28,32,33). The molecule has 0 bridgehead atoms. The largest absolute Gasteiger partial charge is 0.506 e. The number of hydrogen-bond acceptors (Lipinski definition) is 9. The van der Waals surface area contributed by atoms with E-state index >= 15 is 0 Å². The predicted molar refractivity (Wildman–Crippen MR) is 135 cm³/mol. The van der Waals surface area contributed by atoms with E-state index in [-0.39, 0.29) is 29.5 Å². The summed E-state index contributed by atoms with van der Waals surface area (Å²) in [5, 5.41) is 20.1. The molecule has 0 unspecified atom stereocenters. The molecule has 3 heterocycles. The van der Waals surface area contributed by atoms with Crippen LogP contribution in [0.4, 0.5) is 0 Å². The molecule has 0 radical (unpaired) electrons. The van der Waals surface area contributed by atoms with Gasteiger partial charge in [0, 0.05) is 24.1 Å². The summed E-state index contributed by atoms with van der Waals surface area (Å²) >= 11 is 5.89. The number of aromatic nitrogens is 4. The van der Waals surface area contributed by atoms with Gasteiger partial charge in [0.25, 0.3) is 11.4 Å². The lowest BCUT2D eigenvalue weighted by molar-refractivity contribution is 0.340. The molecule has 0 saturated carbocycles. The second kappa shape index (κ2) is 10.8. The molecule has 0 aliphatic carbocycles. The first-order valence-corrected chi connectivity index (χ1v) is 11.5. The monoisotopic (exact) mass is 511 g/mol. The van der Waals surface area contributed by atoms with Crippen LogP contribution in [0.5, 0.6) is 17.2 Å². The summed E-state index contributed by atoms with van der Waals surface area (Å²) in [5.74, 6) is 0.708. The Kier molecular flexibility index (Phi) is 7.56. The molecule has 36 heavy (non-hydrogen) atoms. The fraction of sp³-hybridized carbons (Fsp3) is 0.280. The molecular weight excluding hydrogens is 486 g/mol. The summed E-state index contributed by atoms with van der Waals surface area (Å²) in [6, 6.07) is 8.72. The van der Waals surface area contributed by atoms with Gasteiger partial charge in [-0.2, -0.15) is 0 Å². The zero-order valence-corrected chi connectivity index (χ0v) is 21.1. The van der Waals surface area contributed by atoms with Crippen LogP contribution in [0.3, 0.4) is 0 Å². The third-order valence-corrected chi connectivity index (χ3v) is 5.94. The summed E-state index contributed by atoms with van der Waals surface area (Å²) in [6.45, 7) is 3.07. The molecule has 0 aliphatic rings. The molecule has 188 valence electrons. The molecule has 2 N–H and O–H groups in total. The number of methoxy groups -OCH3 is 2. The number of aromatic amines is 1. The Hall–Kier alpha value is -3.89. The van der Waals surface area contributed by atoms with Crippen molar-refractivity contribution in [3.63, 3.8) is 0 Å². The lowest BCUT2D eigenvalue weighted by Crippen LogP contribution is -2.22. The summed E-state index contributed by atoms with van der Waals surface area (Å²) in [5.41, 5.74) is 1.26. The Labute approximate surface area is 212 Å². The average molecular weight is 512 g/mol. The van der Waals surface area contributed by atoms with E-state index in [0.29, 0.717) is 45.6 Å². The molecule has 0 saturated heterocycles. The third kappa shape index (κ3) is 5.05. The SMILES string of the molecule is CCN(C)Cc1[nH]c(=O)c(-c2nnc(Cc3ccc(Cl)cn3)o2)c(O)c1-c1c(OC)cccc1OC. The first-order valence-electron chi connectivity index (χ1n) is 11.2. The molecule has 11 heteroatoms. The molecule has 3 aromatic heterocycles. The Balaban J connectivity index is 1.88. The van der Waals surface area contributed by atoms with Crippen molar-refractivity contribution in [3.8, 4) is 39.8 Å². The Morgan fingerprint density at radius 3 is 2.42 bits per heavy atom. The molecule has 0 aliphatic heterocycles. The number of halogens is 1. The maximum atomic E-state index is 13.2. The normalized spacial score (nSPS) is 11.2. The summed E-state index contributed by atoms with van der Waals surface area (Å²) in [4.78, 5) is 22.3. The lowest BCUT2D eigenvalue weighted by atomic mass is 9.97. The van der Waals surface area contributed by atoms with Gasteiger partial charge in [0.2, 0.25) is 5.89 Å². The first kappa shape index (κ1) is 25.2. The van der Waals surface area contributed by atoms with E-state index in [1.807, 2.05) is 18.9 Å². The van der Waals surface area contributed by atoms with Crippen LogP contribution < -0.4 is 15.0 Å². The van der Waals surface area contributed by atoms with Crippen molar-refractivity contribution < 1.29 is 19.0 Å². The Morgan fingerprint density at radius 2 is 1.81 bits per heavy atom. The number of nitrogens with zero attached hydrogens (tertiary/aromatic N) is 4. The van der Waals surface area contributed by atoms with Crippen molar-refractivity contribution in [2.75, 3.05) is 27.8 Å². The van der Waals surface area contributed by atoms with E-state index in [1.54, 1.807) is 30.3 Å². The van der Waals surface area contributed by atoms with E-state index < -0.39 is 5.56 Å². The zero-order valence-electron chi connectivity index (χ0n) is 20.3. The van der Waals surface area contributed by atoms with Gasteiger partial charge in [-0.1, -0.05) is 24.6 Å². The molecule has 4 aromatic rings. The van der Waals surface area contributed by atoms with E-state index in [9.17, 15) is 9.90 Å². The van der Waals surface area contributed by atoms with Gasteiger partial charge in [0.1, 0.15) is 22.8 Å². The molecule has 0 fully saturated rings. The van der Waals surface area contributed by atoms with Crippen LogP contribution in [-0.2, 0) is 13.0 Å². The molecule has 0 atom stereocenters. The highest BCUT2D eigenvalue weighted by Gasteiger charge is 2.28. The second-order valence-corrected chi connectivity index (χ2v) is 8.48. The number of hydrogen-bond donors (Lipinski definition) is 2. The topological polar surface area (TPSA) is 127 Å². The van der Waals surface area contributed by atoms with Gasteiger partial charge in [0.05, 0.1) is 36.8 Å². The molecular formula is C25H26ClN5O5.